The van der Waals surface area contributed by atoms with Crippen LogP contribution in [0.5, 0.6) is 5.75 Å². The van der Waals surface area contributed by atoms with Gasteiger partial charge in [-0.3, -0.25) is 0 Å². The van der Waals surface area contributed by atoms with E-state index < -0.39 is 0 Å². The van der Waals surface area contributed by atoms with E-state index >= 15 is 0 Å². The van der Waals surface area contributed by atoms with Gasteiger partial charge >= 0.3 is 14.2 Å². The minimum absolute atomic E-state index is 0.0332. The van der Waals surface area contributed by atoms with E-state index in [0.717, 1.165) is 22.4 Å². The molecule has 3 aromatic carbocycles. The molecule has 2 aliphatic heterocycles. The molecule has 3 aromatic rings. The summed E-state index contributed by atoms with van der Waals surface area (Å²) in [5.74, 6) is 0.787. The van der Waals surface area contributed by atoms with Crippen LogP contribution in [-0.2, 0) is 18.6 Å². The highest BCUT2D eigenvalue weighted by molar-refractivity contribution is 6.53. The summed E-state index contributed by atoms with van der Waals surface area (Å²) in [4.78, 5) is 0. The maximum atomic E-state index is 6.38. The summed E-state index contributed by atoms with van der Waals surface area (Å²) in [6.07, 6.45) is 0.506. The van der Waals surface area contributed by atoms with E-state index in [-0.39, 0.29) is 32.3 Å². The average molecular weight is 428 g/mol. The summed E-state index contributed by atoms with van der Waals surface area (Å²) in [5.41, 5.74) is 3.37. The fraction of sp³-hybridized carbons (Fsp3) is 0.280. The molecule has 2 heterocycles. The van der Waals surface area contributed by atoms with Gasteiger partial charge in [0.1, 0.15) is 5.75 Å². The van der Waals surface area contributed by atoms with E-state index in [1.165, 1.54) is 0 Å². The van der Waals surface area contributed by atoms with Crippen LogP contribution in [-0.4, -0.2) is 34.6 Å². The third-order valence-electron chi connectivity index (χ3n) is 6.12. The predicted molar refractivity (Wildman–Crippen MR) is 124 cm³/mol. The van der Waals surface area contributed by atoms with Gasteiger partial charge in [0.15, 0.2) is 0 Å². The highest BCUT2D eigenvalue weighted by Crippen LogP contribution is 2.37. The highest BCUT2D eigenvalue weighted by atomic mass is 16.7. The molecular formula is C25H26B2O5. The van der Waals surface area contributed by atoms with Crippen molar-refractivity contribution in [3.05, 3.63) is 102 Å². The van der Waals surface area contributed by atoms with Crippen molar-refractivity contribution in [2.75, 3.05) is 20.3 Å². The molecule has 0 amide bonds. The lowest BCUT2D eigenvalue weighted by Gasteiger charge is -2.21. The molecule has 0 bridgehead atoms. The molecule has 0 radical (unpaired) electrons. The van der Waals surface area contributed by atoms with E-state index in [2.05, 4.69) is 36.4 Å². The zero-order valence-corrected chi connectivity index (χ0v) is 18.1. The van der Waals surface area contributed by atoms with Gasteiger partial charge in [-0.2, -0.15) is 0 Å². The van der Waals surface area contributed by atoms with Crippen LogP contribution < -0.4 is 4.74 Å². The predicted octanol–water partition coefficient (Wildman–Crippen LogP) is 4.87. The van der Waals surface area contributed by atoms with E-state index in [4.69, 9.17) is 23.4 Å². The van der Waals surface area contributed by atoms with Gasteiger partial charge < -0.3 is 23.4 Å². The third kappa shape index (κ3) is 4.76. The minimum atomic E-state index is -0.378. The van der Waals surface area contributed by atoms with Gasteiger partial charge in [-0.15, -0.1) is 0 Å². The van der Waals surface area contributed by atoms with Crippen molar-refractivity contribution >= 4 is 14.2 Å². The number of ether oxygens (including phenoxy) is 1. The summed E-state index contributed by atoms with van der Waals surface area (Å²) < 4.78 is 30.1. The van der Waals surface area contributed by atoms with Crippen molar-refractivity contribution in [2.45, 2.75) is 24.3 Å². The Balaban J connectivity index is 1.32. The van der Waals surface area contributed by atoms with E-state index in [0.29, 0.717) is 19.5 Å². The smallest absolute Gasteiger partial charge is 0.464 e. The molecule has 162 valence electrons. The Kier molecular flexibility index (Phi) is 6.60. The number of rotatable bonds is 7. The van der Waals surface area contributed by atoms with Crippen LogP contribution in [0.2, 0.25) is 6.32 Å². The van der Waals surface area contributed by atoms with Gasteiger partial charge in [0.2, 0.25) is 0 Å². The molecule has 0 N–H and O–H groups in total. The molecule has 0 unspecified atom stereocenters. The lowest BCUT2D eigenvalue weighted by molar-refractivity contribution is 0.236. The molecule has 2 saturated heterocycles. The Morgan fingerprint density at radius 2 is 1.38 bits per heavy atom. The summed E-state index contributed by atoms with van der Waals surface area (Å²) in [5, 5.41) is 0. The topological polar surface area (TPSA) is 46.2 Å². The zero-order valence-electron chi connectivity index (χ0n) is 18.1. The quantitative estimate of drug-likeness (QED) is 0.503. The first-order valence-corrected chi connectivity index (χ1v) is 11.1. The van der Waals surface area contributed by atoms with Crippen molar-refractivity contribution in [2.24, 2.45) is 0 Å². The molecule has 5 rings (SSSR count). The maximum absolute atomic E-state index is 6.38. The second-order valence-electron chi connectivity index (χ2n) is 8.15. The molecule has 2 fully saturated rings. The minimum Gasteiger partial charge on any atom is -0.497 e. The average Bonchev–Trinajstić information content (AvgIpc) is 3.54. The van der Waals surface area contributed by atoms with Crippen LogP contribution in [0.25, 0.3) is 0 Å². The first-order chi connectivity index (χ1) is 15.8. The van der Waals surface area contributed by atoms with Gasteiger partial charge in [-0.05, 0) is 35.1 Å². The molecule has 2 aliphatic rings. The molecule has 3 atom stereocenters. The van der Waals surface area contributed by atoms with Gasteiger partial charge in [0.25, 0.3) is 0 Å². The largest absolute Gasteiger partial charge is 0.497 e. The van der Waals surface area contributed by atoms with Crippen molar-refractivity contribution in [1.29, 1.82) is 0 Å². The SMILES string of the molecule is COc1ccc([C@@H](CB2OC[C@H](c3ccccc3)O2)B2OC[C@H](c3ccccc3)O2)cc1. The first kappa shape index (κ1) is 21.3. The van der Waals surface area contributed by atoms with Crippen molar-refractivity contribution in [3.8, 4) is 5.75 Å². The lowest BCUT2D eigenvalue weighted by Crippen LogP contribution is -2.30. The van der Waals surface area contributed by atoms with Gasteiger partial charge in [0, 0.05) is 5.82 Å². The summed E-state index contributed by atoms with van der Waals surface area (Å²) >= 11 is 0. The highest BCUT2D eigenvalue weighted by Gasteiger charge is 2.44. The molecule has 7 heteroatoms. The van der Waals surface area contributed by atoms with Crippen LogP contribution in [0, 0.1) is 0 Å². The van der Waals surface area contributed by atoms with Crippen molar-refractivity contribution in [1.82, 2.24) is 0 Å². The Morgan fingerprint density at radius 3 is 2.00 bits per heavy atom. The number of hydrogen-bond donors (Lipinski definition) is 0. The Hall–Kier alpha value is -2.57. The molecule has 0 aliphatic carbocycles. The second kappa shape index (κ2) is 9.92. The van der Waals surface area contributed by atoms with Crippen LogP contribution in [0.3, 0.4) is 0 Å². The fourth-order valence-electron chi connectivity index (χ4n) is 4.36. The van der Waals surface area contributed by atoms with E-state index in [1.807, 2.05) is 48.5 Å². The monoisotopic (exact) mass is 428 g/mol. The second-order valence-corrected chi connectivity index (χ2v) is 8.15. The molecule has 0 spiro atoms. The summed E-state index contributed by atoms with van der Waals surface area (Å²) in [6, 6.07) is 28.5. The normalized spacial score (nSPS) is 21.7. The Morgan fingerprint density at radius 1 is 0.781 bits per heavy atom. The summed E-state index contributed by atoms with van der Waals surface area (Å²) in [6.45, 7) is 1.07. The third-order valence-corrected chi connectivity index (χ3v) is 6.12. The van der Waals surface area contributed by atoms with Crippen LogP contribution in [0.1, 0.15) is 34.7 Å². The molecule has 0 aromatic heterocycles. The maximum Gasteiger partial charge on any atom is 0.464 e. The molecule has 5 nitrogen and oxygen atoms in total. The van der Waals surface area contributed by atoms with Crippen molar-refractivity contribution in [3.63, 3.8) is 0 Å². The van der Waals surface area contributed by atoms with Crippen LogP contribution in [0.15, 0.2) is 84.9 Å². The van der Waals surface area contributed by atoms with Crippen molar-refractivity contribution < 1.29 is 23.4 Å². The van der Waals surface area contributed by atoms with Gasteiger partial charge in [-0.25, -0.2) is 0 Å². The molecule has 32 heavy (non-hydrogen) atoms. The molecular weight excluding hydrogens is 402 g/mol. The Labute approximate surface area is 189 Å². The molecule has 0 saturated carbocycles. The van der Waals surface area contributed by atoms with Gasteiger partial charge in [0.05, 0.1) is 32.5 Å². The first-order valence-electron chi connectivity index (χ1n) is 11.1. The fourth-order valence-corrected chi connectivity index (χ4v) is 4.36. The standard InChI is InChI=1S/C25H26B2O5/c1-28-22-14-12-19(13-15-22)23(27-30-18-25(32-27)21-10-6-3-7-11-21)16-26-29-17-24(31-26)20-8-4-2-5-9-20/h2-15,23-25H,16-18H2,1H3/t23-,24-,25-/m1/s1. The number of benzene rings is 3. The van der Waals surface area contributed by atoms with Crippen LogP contribution in [0.4, 0.5) is 0 Å². The summed E-state index contributed by atoms with van der Waals surface area (Å²) in [7, 11) is 0.969. The van der Waals surface area contributed by atoms with Crippen LogP contribution >= 0.6 is 0 Å². The Bertz CT molecular complexity index is 986. The number of hydrogen-bond acceptors (Lipinski definition) is 5. The lowest BCUT2D eigenvalue weighted by atomic mass is 9.58. The number of methoxy groups -OCH3 is 1. The van der Waals surface area contributed by atoms with E-state index in [9.17, 15) is 0 Å². The van der Waals surface area contributed by atoms with Gasteiger partial charge in [-0.1, -0.05) is 72.8 Å². The van der Waals surface area contributed by atoms with E-state index in [1.54, 1.807) is 7.11 Å². The zero-order chi connectivity index (χ0) is 21.8.